The number of phosphoric acid groups is 3. The van der Waals surface area contributed by atoms with E-state index in [4.69, 9.17) is 54.9 Å². The molecule has 6 aromatic rings. The molecule has 0 radical (unpaired) electrons. The zero-order chi connectivity index (χ0) is 48.4. The van der Waals surface area contributed by atoms with E-state index in [0.717, 1.165) is 0 Å². The molecule has 69 heavy (non-hydrogen) atoms. The van der Waals surface area contributed by atoms with Crippen LogP contribution in [0.1, 0.15) is 33.4 Å². The van der Waals surface area contributed by atoms with E-state index < -0.39 is 60.1 Å². The van der Waals surface area contributed by atoms with Gasteiger partial charge < -0.3 is 14.2 Å². The molecule has 0 saturated heterocycles. The van der Waals surface area contributed by atoms with E-state index in [2.05, 4.69) is 0 Å². The summed E-state index contributed by atoms with van der Waals surface area (Å²) in [6, 6.07) is 54.0. The number of ether oxygens (including phenoxy) is 3. The molecular formula is C51H57O15P3. The van der Waals surface area contributed by atoms with Gasteiger partial charge in [0.1, 0.15) is 36.6 Å². The highest BCUT2D eigenvalue weighted by molar-refractivity contribution is 7.49. The van der Waals surface area contributed by atoms with Crippen LogP contribution in [0.3, 0.4) is 0 Å². The lowest BCUT2D eigenvalue weighted by Gasteiger charge is -2.49. The van der Waals surface area contributed by atoms with Gasteiger partial charge in [0, 0.05) is 21.3 Å². The van der Waals surface area contributed by atoms with Gasteiger partial charge in [0.2, 0.25) is 0 Å². The third-order valence-electron chi connectivity index (χ3n) is 10.9. The van der Waals surface area contributed by atoms with Crippen LogP contribution >= 0.6 is 23.5 Å². The second-order valence-corrected chi connectivity index (χ2v) is 20.6. The zero-order valence-corrected chi connectivity index (χ0v) is 41.2. The fourth-order valence-corrected chi connectivity index (χ4v) is 11.4. The van der Waals surface area contributed by atoms with Gasteiger partial charge in [0.25, 0.3) is 0 Å². The number of hydrogen-bond acceptors (Lipinski definition) is 15. The molecule has 1 aliphatic carbocycles. The lowest BCUT2D eigenvalue weighted by molar-refractivity contribution is -0.234. The average Bonchev–Trinajstić information content (AvgIpc) is 3.40. The van der Waals surface area contributed by atoms with Gasteiger partial charge in [-0.2, -0.15) is 0 Å². The number of hydrogen-bond donors (Lipinski definition) is 0. The average molecular weight is 1000 g/mol. The van der Waals surface area contributed by atoms with Gasteiger partial charge in [-0.15, -0.1) is 0 Å². The molecule has 1 fully saturated rings. The maximum atomic E-state index is 15.5. The molecule has 15 nitrogen and oxygen atoms in total. The number of phosphoric ester groups is 3. The zero-order valence-electron chi connectivity index (χ0n) is 38.5. The molecule has 0 bridgehead atoms. The number of benzene rings is 6. The first-order valence-corrected chi connectivity index (χ1v) is 26.5. The lowest BCUT2D eigenvalue weighted by atomic mass is 9.84. The third-order valence-corrected chi connectivity index (χ3v) is 15.1. The Kier molecular flexibility index (Phi) is 19.8. The molecule has 0 aromatic heterocycles. The van der Waals surface area contributed by atoms with Crippen molar-refractivity contribution in [2.24, 2.45) is 0 Å². The minimum absolute atomic E-state index is 0.216. The van der Waals surface area contributed by atoms with E-state index in [9.17, 15) is 0 Å². The van der Waals surface area contributed by atoms with Crippen LogP contribution in [0.2, 0.25) is 0 Å². The van der Waals surface area contributed by atoms with E-state index in [1.54, 1.807) is 146 Å². The topological polar surface area (TPSA) is 162 Å². The maximum absolute atomic E-state index is 15.5. The van der Waals surface area contributed by atoms with Crippen LogP contribution in [0.15, 0.2) is 182 Å². The number of methoxy groups -OCH3 is 3. The van der Waals surface area contributed by atoms with E-state index >= 15 is 13.7 Å². The first-order chi connectivity index (χ1) is 33.6. The fourth-order valence-electron chi connectivity index (χ4n) is 7.39. The van der Waals surface area contributed by atoms with Gasteiger partial charge in [-0.1, -0.05) is 182 Å². The molecule has 1 aliphatic rings. The van der Waals surface area contributed by atoms with E-state index in [0.29, 0.717) is 33.4 Å². The minimum atomic E-state index is -4.83. The van der Waals surface area contributed by atoms with Crippen LogP contribution in [-0.4, -0.2) is 58.0 Å². The Labute approximate surface area is 403 Å². The van der Waals surface area contributed by atoms with Crippen LogP contribution in [0.5, 0.6) is 0 Å². The molecule has 0 heterocycles. The van der Waals surface area contributed by atoms with Gasteiger partial charge >= 0.3 is 23.5 Å². The first kappa shape index (κ1) is 52.4. The summed E-state index contributed by atoms with van der Waals surface area (Å²) in [6.07, 6.45) is -8.82. The Morgan fingerprint density at radius 1 is 0.275 bits per heavy atom. The van der Waals surface area contributed by atoms with Gasteiger partial charge in [-0.3, -0.25) is 40.7 Å². The second kappa shape index (κ2) is 26.1. The Bertz CT molecular complexity index is 2280. The molecule has 0 amide bonds. The van der Waals surface area contributed by atoms with Crippen molar-refractivity contribution in [1.82, 2.24) is 0 Å². The summed E-state index contributed by atoms with van der Waals surface area (Å²) in [5, 5.41) is 0. The van der Waals surface area contributed by atoms with E-state index in [-0.39, 0.29) is 39.6 Å². The molecule has 0 N–H and O–H groups in total. The molecule has 18 heteroatoms. The smallest absolute Gasteiger partial charge is 0.376 e. The summed E-state index contributed by atoms with van der Waals surface area (Å²) in [6.45, 7) is -1.34. The SMILES string of the molecule is COC1[C@@H](OC)[C@@H](OP(=O)(OCc2ccccc2)OCc2ccccc2)C(OP(=O)(OCc2ccccc2)OCc2ccccc2)[C@H](OP(=O)(OCc2ccccc2)OCc2ccccc2)[C@H]1OC. The largest absolute Gasteiger partial charge is 0.475 e. The summed E-state index contributed by atoms with van der Waals surface area (Å²) in [7, 11) is -10.2. The highest BCUT2D eigenvalue weighted by Crippen LogP contribution is 2.61. The normalized spacial score (nSPS) is 19.9. The summed E-state index contributed by atoms with van der Waals surface area (Å²) >= 11 is 0. The highest BCUT2D eigenvalue weighted by Gasteiger charge is 2.60. The minimum Gasteiger partial charge on any atom is -0.376 e. The van der Waals surface area contributed by atoms with Gasteiger partial charge in [-0.25, -0.2) is 13.7 Å². The Balaban J connectivity index is 1.34. The predicted octanol–water partition coefficient (Wildman–Crippen LogP) is 11.8. The molecule has 6 aromatic carbocycles. The summed E-state index contributed by atoms with van der Waals surface area (Å²) in [5.74, 6) is 0. The Hall–Kier alpha value is -4.47. The predicted molar refractivity (Wildman–Crippen MR) is 257 cm³/mol. The van der Waals surface area contributed by atoms with Gasteiger partial charge in [0.15, 0.2) is 0 Å². The third kappa shape index (κ3) is 15.5. The summed E-state index contributed by atoms with van der Waals surface area (Å²) < 4.78 is 121. The van der Waals surface area contributed by atoms with Crippen LogP contribution in [0, 0.1) is 0 Å². The van der Waals surface area contributed by atoms with Crippen molar-refractivity contribution in [2.45, 2.75) is 76.3 Å². The van der Waals surface area contributed by atoms with Gasteiger partial charge in [0.05, 0.1) is 39.6 Å². The van der Waals surface area contributed by atoms with Gasteiger partial charge in [-0.05, 0) is 33.4 Å². The molecular weight excluding hydrogens is 945 g/mol. The lowest BCUT2D eigenvalue weighted by Crippen LogP contribution is -2.66. The molecule has 366 valence electrons. The molecule has 0 aliphatic heterocycles. The van der Waals surface area contributed by atoms with Crippen molar-refractivity contribution in [3.05, 3.63) is 215 Å². The van der Waals surface area contributed by atoms with Crippen molar-refractivity contribution in [1.29, 1.82) is 0 Å². The van der Waals surface area contributed by atoms with E-state index in [1.165, 1.54) is 21.3 Å². The molecule has 2 unspecified atom stereocenters. The van der Waals surface area contributed by atoms with Crippen molar-refractivity contribution in [3.63, 3.8) is 0 Å². The standard InChI is InChI=1S/C51H57O15P3/c1-55-46-47(56-2)49(64-67(52,58-34-40-22-10-4-11-23-40)59-35-41-24-12-5-13-25-41)51(66-69(54,62-38-44-30-18-8-19-31-44)63-39-45-32-20-9-21-33-45)50(48(46)57-3)65-68(53,60-36-42-26-14-6-15-27-42)61-37-43-28-16-7-17-29-43/h4-33,46-51H,34-39H2,1-3H3/t46?,47-,48+,49-,50-,51?/m1/s1. The molecule has 1 saturated carbocycles. The quantitative estimate of drug-likeness (QED) is 0.0448. The fraction of sp³-hybridized carbons (Fsp3) is 0.294. The second-order valence-electron chi connectivity index (χ2n) is 15.7. The highest BCUT2D eigenvalue weighted by atomic mass is 31.2. The van der Waals surface area contributed by atoms with Crippen LogP contribution in [-0.2, 0) is 108 Å². The first-order valence-electron chi connectivity index (χ1n) is 22.1. The van der Waals surface area contributed by atoms with Crippen molar-refractivity contribution in [3.8, 4) is 0 Å². The summed E-state index contributed by atoms with van der Waals surface area (Å²) in [5.41, 5.74) is 3.89. The van der Waals surface area contributed by atoms with Crippen LogP contribution in [0.25, 0.3) is 0 Å². The van der Waals surface area contributed by atoms with Crippen LogP contribution in [0.4, 0.5) is 0 Å². The number of rotatable bonds is 27. The van der Waals surface area contributed by atoms with E-state index in [1.807, 2.05) is 36.4 Å². The van der Waals surface area contributed by atoms with Crippen LogP contribution < -0.4 is 0 Å². The Morgan fingerprint density at radius 2 is 0.435 bits per heavy atom. The van der Waals surface area contributed by atoms with Crippen molar-refractivity contribution in [2.75, 3.05) is 21.3 Å². The maximum Gasteiger partial charge on any atom is 0.475 e. The monoisotopic (exact) mass is 1000 g/mol. The summed E-state index contributed by atoms with van der Waals surface area (Å²) in [4.78, 5) is 0. The Morgan fingerprint density at radius 3 is 0.609 bits per heavy atom. The van der Waals surface area contributed by atoms with Crippen molar-refractivity contribution < 1.29 is 68.6 Å². The molecule has 0 spiro atoms. The molecule has 6 atom stereocenters. The molecule has 7 rings (SSSR count). The van der Waals surface area contributed by atoms with Crippen molar-refractivity contribution >= 4 is 23.5 Å².